The van der Waals surface area contributed by atoms with Gasteiger partial charge in [0.2, 0.25) is 0 Å². The smallest absolute Gasteiger partial charge is 0.119 e. The Morgan fingerprint density at radius 3 is 2.94 bits per heavy atom. The molecule has 0 aliphatic carbocycles. The fourth-order valence-corrected chi connectivity index (χ4v) is 1.99. The minimum Gasteiger partial charge on any atom is -0.497 e. The molecular weight excluding hydrogens is 228 g/mol. The van der Waals surface area contributed by atoms with Gasteiger partial charge in [0, 0.05) is 13.2 Å². The number of hydrogen-bond acceptors (Lipinski definition) is 4. The lowest BCUT2D eigenvalue weighted by molar-refractivity contribution is 0.413. The molecule has 0 aliphatic heterocycles. The predicted molar refractivity (Wildman–Crippen MR) is 70.0 cm³/mol. The molecule has 5 nitrogen and oxygen atoms in total. The maximum atomic E-state index is 5.63. The lowest BCUT2D eigenvalue weighted by atomic mass is 10.0. The highest BCUT2D eigenvalue weighted by molar-refractivity contribution is 5.29. The zero-order valence-corrected chi connectivity index (χ0v) is 10.6. The lowest BCUT2D eigenvalue weighted by Crippen LogP contribution is -2.30. The summed E-state index contributed by atoms with van der Waals surface area (Å²) in [5, 5.41) is 0. The molecule has 18 heavy (non-hydrogen) atoms. The molecule has 0 saturated carbocycles. The highest BCUT2D eigenvalue weighted by Gasteiger charge is 2.14. The van der Waals surface area contributed by atoms with Crippen LogP contribution < -0.4 is 16.0 Å². The molecule has 2 rings (SSSR count). The van der Waals surface area contributed by atoms with Crippen LogP contribution in [0, 0.1) is 0 Å². The highest BCUT2D eigenvalue weighted by atomic mass is 16.5. The second-order valence-electron chi connectivity index (χ2n) is 4.20. The summed E-state index contributed by atoms with van der Waals surface area (Å²) in [6.45, 7) is 0. The number of rotatable bonds is 5. The van der Waals surface area contributed by atoms with Crippen LogP contribution in [0.2, 0.25) is 0 Å². The van der Waals surface area contributed by atoms with E-state index in [0.29, 0.717) is 0 Å². The maximum absolute atomic E-state index is 5.63. The van der Waals surface area contributed by atoms with Gasteiger partial charge in [0.25, 0.3) is 0 Å². The number of hydrazine groups is 1. The highest BCUT2D eigenvalue weighted by Crippen LogP contribution is 2.20. The fraction of sp³-hybridized carbons (Fsp3) is 0.308. The summed E-state index contributed by atoms with van der Waals surface area (Å²) >= 11 is 0. The molecule has 0 bridgehead atoms. The van der Waals surface area contributed by atoms with E-state index in [4.69, 9.17) is 10.6 Å². The number of methoxy groups -OCH3 is 1. The Morgan fingerprint density at radius 2 is 2.33 bits per heavy atom. The SMILES string of the molecule is COc1cccc(CC(NN)c2cncn2C)c1. The Hall–Kier alpha value is -1.85. The normalized spacial score (nSPS) is 12.4. The topological polar surface area (TPSA) is 65.1 Å². The molecule has 96 valence electrons. The summed E-state index contributed by atoms with van der Waals surface area (Å²) in [4.78, 5) is 4.11. The molecule has 0 amide bonds. The molecule has 5 heteroatoms. The largest absolute Gasteiger partial charge is 0.497 e. The lowest BCUT2D eigenvalue weighted by Gasteiger charge is -2.16. The number of imidazole rings is 1. The van der Waals surface area contributed by atoms with Crippen molar-refractivity contribution in [1.82, 2.24) is 15.0 Å². The first-order valence-electron chi connectivity index (χ1n) is 5.80. The van der Waals surface area contributed by atoms with Gasteiger partial charge in [-0.25, -0.2) is 4.98 Å². The summed E-state index contributed by atoms with van der Waals surface area (Å²) in [6, 6.07) is 8.01. The summed E-state index contributed by atoms with van der Waals surface area (Å²) < 4.78 is 7.18. The Bertz CT molecular complexity index is 509. The van der Waals surface area contributed by atoms with Crippen LogP contribution in [0.1, 0.15) is 17.3 Å². The van der Waals surface area contributed by atoms with E-state index in [-0.39, 0.29) is 6.04 Å². The van der Waals surface area contributed by atoms with Gasteiger partial charge in [-0.05, 0) is 24.1 Å². The molecule has 0 saturated heterocycles. The van der Waals surface area contributed by atoms with E-state index >= 15 is 0 Å². The van der Waals surface area contributed by atoms with Gasteiger partial charge in [0.15, 0.2) is 0 Å². The zero-order valence-electron chi connectivity index (χ0n) is 10.6. The fourth-order valence-electron chi connectivity index (χ4n) is 1.99. The third-order valence-corrected chi connectivity index (χ3v) is 2.99. The Balaban J connectivity index is 2.18. The van der Waals surface area contributed by atoms with Gasteiger partial charge in [0.1, 0.15) is 5.75 Å². The predicted octanol–water partition coefficient (Wildman–Crippen LogP) is 1.18. The van der Waals surface area contributed by atoms with Crippen molar-refractivity contribution in [2.24, 2.45) is 12.9 Å². The number of nitrogens with one attached hydrogen (secondary N) is 1. The van der Waals surface area contributed by atoms with Crippen molar-refractivity contribution in [2.45, 2.75) is 12.5 Å². The first-order chi connectivity index (χ1) is 8.74. The van der Waals surface area contributed by atoms with E-state index < -0.39 is 0 Å². The monoisotopic (exact) mass is 246 g/mol. The zero-order chi connectivity index (χ0) is 13.0. The van der Waals surface area contributed by atoms with E-state index in [1.165, 1.54) is 5.56 Å². The minimum absolute atomic E-state index is 0.0320. The van der Waals surface area contributed by atoms with Crippen molar-refractivity contribution in [3.63, 3.8) is 0 Å². The van der Waals surface area contributed by atoms with Crippen LogP contribution in [0.5, 0.6) is 5.75 Å². The van der Waals surface area contributed by atoms with Gasteiger partial charge in [-0.2, -0.15) is 0 Å². The first-order valence-corrected chi connectivity index (χ1v) is 5.80. The van der Waals surface area contributed by atoms with E-state index in [2.05, 4.69) is 16.5 Å². The van der Waals surface area contributed by atoms with E-state index in [1.807, 2.05) is 36.0 Å². The van der Waals surface area contributed by atoms with Crippen LogP contribution in [-0.4, -0.2) is 16.7 Å². The number of hydrogen-bond donors (Lipinski definition) is 2. The minimum atomic E-state index is 0.0320. The van der Waals surface area contributed by atoms with Crippen LogP contribution in [0.15, 0.2) is 36.8 Å². The molecule has 0 fully saturated rings. The molecule has 0 spiro atoms. The maximum Gasteiger partial charge on any atom is 0.119 e. The summed E-state index contributed by atoms with van der Waals surface area (Å²) in [6.07, 6.45) is 4.38. The van der Waals surface area contributed by atoms with Crippen molar-refractivity contribution in [2.75, 3.05) is 7.11 Å². The average Bonchev–Trinajstić information content (AvgIpc) is 2.82. The second kappa shape index (κ2) is 5.66. The van der Waals surface area contributed by atoms with Crippen molar-refractivity contribution in [1.29, 1.82) is 0 Å². The third kappa shape index (κ3) is 2.69. The van der Waals surface area contributed by atoms with E-state index in [1.54, 1.807) is 13.4 Å². The quantitative estimate of drug-likeness (QED) is 0.614. The summed E-state index contributed by atoms with van der Waals surface area (Å²) in [5.74, 6) is 6.48. The molecule has 1 aromatic heterocycles. The van der Waals surface area contributed by atoms with Gasteiger partial charge in [-0.1, -0.05) is 12.1 Å². The van der Waals surface area contributed by atoms with Crippen LogP contribution in [0.3, 0.4) is 0 Å². The summed E-state index contributed by atoms with van der Waals surface area (Å²) in [5.41, 5.74) is 5.05. The van der Waals surface area contributed by atoms with Crippen molar-refractivity contribution in [3.05, 3.63) is 48.0 Å². The van der Waals surface area contributed by atoms with Crippen LogP contribution in [0.4, 0.5) is 0 Å². The van der Waals surface area contributed by atoms with Gasteiger partial charge in [-0.15, -0.1) is 0 Å². The molecule has 3 N–H and O–H groups in total. The Kier molecular flexibility index (Phi) is 3.96. The molecule has 0 radical (unpaired) electrons. The average molecular weight is 246 g/mol. The first kappa shape index (κ1) is 12.6. The molecule has 0 aliphatic rings. The molecule has 1 heterocycles. The van der Waals surface area contributed by atoms with Crippen LogP contribution in [-0.2, 0) is 13.5 Å². The van der Waals surface area contributed by atoms with Gasteiger partial charge >= 0.3 is 0 Å². The van der Waals surface area contributed by atoms with Gasteiger partial charge in [-0.3, -0.25) is 11.3 Å². The van der Waals surface area contributed by atoms with Gasteiger partial charge in [0.05, 0.1) is 25.2 Å². The number of nitrogens with zero attached hydrogens (tertiary/aromatic N) is 2. The number of aromatic nitrogens is 2. The number of ether oxygens (including phenoxy) is 1. The van der Waals surface area contributed by atoms with E-state index in [0.717, 1.165) is 17.9 Å². The molecule has 1 atom stereocenters. The Labute approximate surface area is 107 Å². The molecule has 1 aromatic carbocycles. The molecule has 1 unspecified atom stereocenters. The standard InChI is InChI=1S/C13H18N4O/c1-17-9-15-8-13(17)12(16-14)7-10-4-3-5-11(6-10)18-2/h3-6,8-9,12,16H,7,14H2,1-2H3. The second-order valence-corrected chi connectivity index (χ2v) is 4.20. The van der Waals surface area contributed by atoms with E-state index in [9.17, 15) is 0 Å². The van der Waals surface area contributed by atoms with Gasteiger partial charge < -0.3 is 9.30 Å². The van der Waals surface area contributed by atoms with Crippen molar-refractivity contribution < 1.29 is 4.74 Å². The number of benzene rings is 1. The molecular formula is C13H18N4O. The van der Waals surface area contributed by atoms with Crippen molar-refractivity contribution in [3.8, 4) is 5.75 Å². The number of nitrogens with two attached hydrogens (primary N) is 1. The number of aryl methyl sites for hydroxylation is 1. The van der Waals surface area contributed by atoms with Crippen molar-refractivity contribution >= 4 is 0 Å². The third-order valence-electron chi connectivity index (χ3n) is 2.99. The van der Waals surface area contributed by atoms with Crippen LogP contribution >= 0.6 is 0 Å². The Morgan fingerprint density at radius 1 is 1.50 bits per heavy atom. The van der Waals surface area contributed by atoms with Crippen LogP contribution in [0.25, 0.3) is 0 Å². The summed E-state index contributed by atoms with van der Waals surface area (Å²) in [7, 11) is 3.62. The molecule has 2 aromatic rings.